The van der Waals surface area contributed by atoms with Crippen LogP contribution in [-0.4, -0.2) is 14.8 Å². The van der Waals surface area contributed by atoms with Gasteiger partial charge in [0.25, 0.3) is 0 Å². The van der Waals surface area contributed by atoms with Gasteiger partial charge in [-0.2, -0.15) is 5.10 Å². The molecule has 0 aromatic carbocycles. The summed E-state index contributed by atoms with van der Waals surface area (Å²) < 4.78 is 2.57. The molecule has 0 unspecified atom stereocenters. The molecule has 5 heteroatoms. The van der Waals surface area contributed by atoms with Crippen molar-refractivity contribution in [3.05, 3.63) is 39.2 Å². The summed E-state index contributed by atoms with van der Waals surface area (Å²) in [4.78, 5) is 4.30. The van der Waals surface area contributed by atoms with E-state index >= 15 is 0 Å². The van der Waals surface area contributed by atoms with E-state index in [-0.39, 0.29) is 0 Å². The summed E-state index contributed by atoms with van der Waals surface area (Å²) in [6.45, 7) is 3.85. The van der Waals surface area contributed by atoms with Gasteiger partial charge < -0.3 is 0 Å². The molecule has 0 radical (unpaired) electrons. The number of halogens is 2. The zero-order valence-electron chi connectivity index (χ0n) is 8.33. The van der Waals surface area contributed by atoms with Gasteiger partial charge >= 0.3 is 0 Å². The lowest BCUT2D eigenvalue weighted by Crippen LogP contribution is -1.99. The van der Waals surface area contributed by atoms with Gasteiger partial charge in [-0.05, 0) is 41.4 Å². The van der Waals surface area contributed by atoms with Crippen molar-refractivity contribution >= 4 is 27.5 Å². The zero-order chi connectivity index (χ0) is 11.0. The normalized spacial score (nSPS) is 10.7. The Morgan fingerprint density at radius 3 is 2.67 bits per heavy atom. The van der Waals surface area contributed by atoms with Crippen LogP contribution in [0.3, 0.4) is 0 Å². The Hall–Kier alpha value is -0.870. The Kier molecular flexibility index (Phi) is 2.80. The molecule has 0 fully saturated rings. The lowest BCUT2D eigenvalue weighted by atomic mass is 10.3. The number of aryl methyl sites for hydroxylation is 2. The van der Waals surface area contributed by atoms with Crippen LogP contribution in [0.2, 0.25) is 5.02 Å². The van der Waals surface area contributed by atoms with Gasteiger partial charge in [0.05, 0.1) is 21.4 Å². The van der Waals surface area contributed by atoms with Crippen LogP contribution in [0, 0.1) is 13.8 Å². The second-order valence-corrected chi connectivity index (χ2v) is 4.59. The Balaban J connectivity index is 2.54. The molecule has 2 rings (SSSR count). The fourth-order valence-corrected chi connectivity index (χ4v) is 2.02. The maximum atomic E-state index is 5.94. The molecule has 0 amide bonds. The first-order chi connectivity index (χ1) is 7.08. The molecule has 0 bridgehead atoms. The highest BCUT2D eigenvalue weighted by molar-refractivity contribution is 9.10. The van der Waals surface area contributed by atoms with Gasteiger partial charge in [0.15, 0.2) is 5.82 Å². The molecule has 0 aliphatic heterocycles. The summed E-state index contributed by atoms with van der Waals surface area (Å²) >= 11 is 9.39. The molecule has 2 aromatic rings. The summed E-state index contributed by atoms with van der Waals surface area (Å²) in [5.41, 5.74) is 1.89. The number of nitrogens with zero attached hydrogens (tertiary/aromatic N) is 3. The lowest BCUT2D eigenvalue weighted by molar-refractivity contribution is 0.826. The minimum atomic E-state index is 0.643. The molecule has 0 N–H and O–H groups in total. The Morgan fingerprint density at radius 2 is 2.13 bits per heavy atom. The van der Waals surface area contributed by atoms with E-state index < -0.39 is 0 Å². The van der Waals surface area contributed by atoms with Crippen molar-refractivity contribution in [1.29, 1.82) is 0 Å². The molecule has 15 heavy (non-hydrogen) atoms. The van der Waals surface area contributed by atoms with E-state index in [1.807, 2.05) is 19.9 Å². The maximum absolute atomic E-state index is 5.94. The first-order valence-electron chi connectivity index (χ1n) is 4.42. The largest absolute Gasteiger partial charge is 0.236 e. The van der Waals surface area contributed by atoms with E-state index in [2.05, 4.69) is 26.0 Å². The van der Waals surface area contributed by atoms with Gasteiger partial charge in [-0.3, -0.25) is 0 Å². The highest BCUT2D eigenvalue weighted by Crippen LogP contribution is 2.21. The van der Waals surface area contributed by atoms with Crippen molar-refractivity contribution in [2.75, 3.05) is 0 Å². The number of hydrogen-bond acceptors (Lipinski definition) is 2. The van der Waals surface area contributed by atoms with Crippen LogP contribution >= 0.6 is 27.5 Å². The lowest BCUT2D eigenvalue weighted by Gasteiger charge is -2.03. The van der Waals surface area contributed by atoms with Crippen molar-refractivity contribution < 1.29 is 0 Å². The van der Waals surface area contributed by atoms with Gasteiger partial charge in [0, 0.05) is 6.20 Å². The number of hydrogen-bond donors (Lipinski definition) is 0. The summed E-state index contributed by atoms with van der Waals surface area (Å²) in [5, 5.41) is 4.91. The van der Waals surface area contributed by atoms with Gasteiger partial charge in [-0.1, -0.05) is 11.6 Å². The second kappa shape index (κ2) is 3.94. The smallest absolute Gasteiger partial charge is 0.167 e. The third kappa shape index (κ3) is 2.06. The van der Waals surface area contributed by atoms with Crippen LogP contribution in [0.25, 0.3) is 5.82 Å². The van der Waals surface area contributed by atoms with E-state index in [0.717, 1.165) is 21.5 Å². The summed E-state index contributed by atoms with van der Waals surface area (Å²) in [7, 11) is 0. The van der Waals surface area contributed by atoms with Gasteiger partial charge in [0.1, 0.15) is 0 Å². The van der Waals surface area contributed by atoms with E-state index in [0.29, 0.717) is 5.02 Å². The molecular weight excluding hydrogens is 277 g/mol. The summed E-state index contributed by atoms with van der Waals surface area (Å²) in [6, 6.07) is 1.99. The van der Waals surface area contributed by atoms with Crippen molar-refractivity contribution in [3.8, 4) is 5.82 Å². The third-order valence-corrected chi connectivity index (χ3v) is 2.97. The number of pyridine rings is 1. The molecular formula is C10H9BrClN3. The quantitative estimate of drug-likeness (QED) is 0.805. The SMILES string of the molecule is Cc1cnc(-n2cc(Cl)c(C)n2)c(Br)c1. The highest BCUT2D eigenvalue weighted by Gasteiger charge is 2.08. The standard InChI is InChI=1S/C10H9BrClN3/c1-6-3-8(11)10(13-4-6)15-5-9(12)7(2)14-15/h3-5H,1-2H3. The van der Waals surface area contributed by atoms with Crippen LogP contribution in [0.15, 0.2) is 22.9 Å². The Labute approximate surface area is 101 Å². The molecule has 0 saturated heterocycles. The minimum absolute atomic E-state index is 0.643. The highest BCUT2D eigenvalue weighted by atomic mass is 79.9. The number of rotatable bonds is 1. The average molecular weight is 287 g/mol. The molecule has 0 aliphatic rings. The fourth-order valence-electron chi connectivity index (χ4n) is 1.24. The summed E-state index contributed by atoms with van der Waals surface area (Å²) in [6.07, 6.45) is 3.55. The van der Waals surface area contributed by atoms with Crippen LogP contribution in [0.4, 0.5) is 0 Å². The second-order valence-electron chi connectivity index (χ2n) is 3.33. The topological polar surface area (TPSA) is 30.7 Å². The van der Waals surface area contributed by atoms with Crippen LogP contribution in [0.5, 0.6) is 0 Å². The molecule has 0 atom stereocenters. The average Bonchev–Trinajstić information content (AvgIpc) is 2.46. The number of aromatic nitrogens is 3. The van der Waals surface area contributed by atoms with E-state index in [9.17, 15) is 0 Å². The molecule has 3 nitrogen and oxygen atoms in total. The van der Waals surface area contributed by atoms with Crippen LogP contribution in [0.1, 0.15) is 11.3 Å². The fraction of sp³-hybridized carbons (Fsp3) is 0.200. The molecule has 2 aromatic heterocycles. The van der Waals surface area contributed by atoms with E-state index in [1.165, 1.54) is 0 Å². The predicted molar refractivity (Wildman–Crippen MR) is 63.5 cm³/mol. The van der Waals surface area contributed by atoms with Crippen molar-refractivity contribution in [3.63, 3.8) is 0 Å². The molecule has 2 heterocycles. The monoisotopic (exact) mass is 285 g/mol. The van der Waals surface area contributed by atoms with Crippen molar-refractivity contribution in [2.24, 2.45) is 0 Å². The molecule has 0 saturated carbocycles. The minimum Gasteiger partial charge on any atom is -0.236 e. The van der Waals surface area contributed by atoms with Gasteiger partial charge in [-0.25, -0.2) is 9.67 Å². The van der Waals surface area contributed by atoms with Gasteiger partial charge in [0.2, 0.25) is 0 Å². The Morgan fingerprint density at radius 1 is 1.40 bits per heavy atom. The molecule has 78 valence electrons. The summed E-state index contributed by atoms with van der Waals surface area (Å²) in [5.74, 6) is 0.746. The zero-order valence-corrected chi connectivity index (χ0v) is 10.7. The Bertz CT molecular complexity index is 488. The van der Waals surface area contributed by atoms with Crippen LogP contribution < -0.4 is 0 Å². The first-order valence-corrected chi connectivity index (χ1v) is 5.59. The van der Waals surface area contributed by atoms with E-state index in [1.54, 1.807) is 17.1 Å². The molecule has 0 spiro atoms. The maximum Gasteiger partial charge on any atom is 0.167 e. The third-order valence-electron chi connectivity index (χ3n) is 2.01. The van der Waals surface area contributed by atoms with Crippen molar-refractivity contribution in [1.82, 2.24) is 14.8 Å². The predicted octanol–water partition coefficient (Wildman–Crippen LogP) is 3.30. The molecule has 0 aliphatic carbocycles. The van der Waals surface area contributed by atoms with Gasteiger partial charge in [-0.15, -0.1) is 0 Å². The van der Waals surface area contributed by atoms with Crippen molar-refractivity contribution in [2.45, 2.75) is 13.8 Å². The first kappa shape index (κ1) is 10.6. The van der Waals surface area contributed by atoms with E-state index in [4.69, 9.17) is 11.6 Å². The van der Waals surface area contributed by atoms with Crippen LogP contribution in [-0.2, 0) is 0 Å².